The molecule has 0 bridgehead atoms. The molecule has 0 radical (unpaired) electrons. The normalized spacial score (nSPS) is 19.1. The fourth-order valence-corrected chi connectivity index (χ4v) is 2.41. The Bertz CT molecular complexity index is 423. The number of hydrogen-bond acceptors (Lipinski definition) is 5. The quantitative estimate of drug-likeness (QED) is 0.842. The number of likely N-dealkylation sites (N-methyl/N-ethyl adjacent to an activating group) is 1. The van der Waals surface area contributed by atoms with Crippen molar-refractivity contribution in [3.05, 3.63) is 18.3 Å². The molecule has 0 aromatic carbocycles. The van der Waals surface area contributed by atoms with Crippen molar-refractivity contribution in [1.29, 1.82) is 0 Å². The Hall–Kier alpha value is -1.69. The second-order valence-corrected chi connectivity index (χ2v) is 5.46. The first kappa shape index (κ1) is 14.7. The Morgan fingerprint density at radius 1 is 1.55 bits per heavy atom. The van der Waals surface area contributed by atoms with Crippen molar-refractivity contribution in [2.75, 3.05) is 45.2 Å². The number of nitrogens with one attached hydrogen (secondary N) is 1. The van der Waals surface area contributed by atoms with Gasteiger partial charge in [-0.15, -0.1) is 5.10 Å². The van der Waals surface area contributed by atoms with Crippen LogP contribution in [0.1, 0.15) is 12.8 Å². The third kappa shape index (κ3) is 4.16. The summed E-state index contributed by atoms with van der Waals surface area (Å²) < 4.78 is 0. The lowest BCUT2D eigenvalue weighted by Gasteiger charge is -2.32. The Labute approximate surface area is 120 Å². The van der Waals surface area contributed by atoms with Gasteiger partial charge in [-0.05, 0) is 39.1 Å². The summed E-state index contributed by atoms with van der Waals surface area (Å²) in [4.78, 5) is 16.4. The Morgan fingerprint density at radius 2 is 2.40 bits per heavy atom. The Morgan fingerprint density at radius 3 is 3.10 bits per heavy atom. The highest BCUT2D eigenvalue weighted by molar-refractivity contribution is 5.79. The number of aromatic nitrogens is 2. The van der Waals surface area contributed by atoms with Crippen LogP contribution < -0.4 is 10.2 Å². The van der Waals surface area contributed by atoms with Crippen LogP contribution in [-0.4, -0.2) is 61.3 Å². The number of anilines is 1. The predicted molar refractivity (Wildman–Crippen MR) is 78.5 cm³/mol. The highest BCUT2D eigenvalue weighted by atomic mass is 16.1. The monoisotopic (exact) mass is 277 g/mol. The number of carbonyl (C=O) groups is 1. The average Bonchev–Trinajstić information content (AvgIpc) is 2.48. The van der Waals surface area contributed by atoms with Crippen molar-refractivity contribution in [3.63, 3.8) is 0 Å². The molecule has 110 valence electrons. The van der Waals surface area contributed by atoms with E-state index in [4.69, 9.17) is 0 Å². The lowest BCUT2D eigenvalue weighted by molar-refractivity contribution is -0.125. The third-order valence-electron chi connectivity index (χ3n) is 3.53. The van der Waals surface area contributed by atoms with Gasteiger partial charge in [0.25, 0.3) is 0 Å². The minimum atomic E-state index is 0.0490. The van der Waals surface area contributed by atoms with Crippen molar-refractivity contribution < 1.29 is 4.79 Å². The van der Waals surface area contributed by atoms with E-state index in [1.54, 1.807) is 6.20 Å². The fourth-order valence-electron chi connectivity index (χ4n) is 2.41. The van der Waals surface area contributed by atoms with Gasteiger partial charge in [0.1, 0.15) is 0 Å². The van der Waals surface area contributed by atoms with E-state index in [0.29, 0.717) is 6.54 Å². The van der Waals surface area contributed by atoms with Gasteiger partial charge in [-0.25, -0.2) is 0 Å². The number of amides is 1. The zero-order valence-electron chi connectivity index (χ0n) is 12.2. The summed E-state index contributed by atoms with van der Waals surface area (Å²) in [5.74, 6) is 1.06. The second-order valence-electron chi connectivity index (χ2n) is 5.46. The zero-order chi connectivity index (χ0) is 14.4. The first-order valence-electron chi connectivity index (χ1n) is 7.12. The Balaban J connectivity index is 1.85. The van der Waals surface area contributed by atoms with Gasteiger partial charge in [-0.2, -0.15) is 5.10 Å². The maximum atomic E-state index is 12.2. The standard InChI is InChI=1S/C14H23N5O/c1-18(2)10-8-15-14(20)12-5-4-9-19(11-12)13-6-3-7-16-17-13/h3,6-7,12H,4-5,8-11H2,1-2H3,(H,15,20). The fraction of sp³-hybridized carbons (Fsp3) is 0.643. The van der Waals surface area contributed by atoms with Crippen molar-refractivity contribution in [1.82, 2.24) is 20.4 Å². The summed E-state index contributed by atoms with van der Waals surface area (Å²) in [7, 11) is 4.01. The SMILES string of the molecule is CN(C)CCNC(=O)C1CCCN(c2cccnn2)C1. The summed E-state index contributed by atoms with van der Waals surface area (Å²) in [5.41, 5.74) is 0. The summed E-state index contributed by atoms with van der Waals surface area (Å²) in [6.45, 7) is 3.24. The van der Waals surface area contributed by atoms with E-state index in [9.17, 15) is 4.79 Å². The van der Waals surface area contributed by atoms with Crippen LogP contribution >= 0.6 is 0 Å². The molecule has 0 spiro atoms. The van der Waals surface area contributed by atoms with E-state index in [-0.39, 0.29) is 11.8 Å². The molecular weight excluding hydrogens is 254 g/mol. The van der Waals surface area contributed by atoms with Crippen LogP contribution in [0, 0.1) is 5.92 Å². The third-order valence-corrected chi connectivity index (χ3v) is 3.53. The summed E-state index contributed by atoms with van der Waals surface area (Å²) in [6.07, 6.45) is 3.63. The van der Waals surface area contributed by atoms with Gasteiger partial charge < -0.3 is 15.1 Å². The number of nitrogens with zero attached hydrogens (tertiary/aromatic N) is 4. The maximum absolute atomic E-state index is 12.2. The van der Waals surface area contributed by atoms with E-state index >= 15 is 0 Å². The number of piperidine rings is 1. The number of carbonyl (C=O) groups excluding carboxylic acids is 1. The molecule has 6 heteroatoms. The van der Waals surface area contributed by atoms with Crippen molar-refractivity contribution in [2.24, 2.45) is 5.92 Å². The molecule has 1 aliphatic heterocycles. The molecule has 1 aliphatic rings. The van der Waals surface area contributed by atoms with Gasteiger partial charge in [0.05, 0.1) is 5.92 Å². The highest BCUT2D eigenvalue weighted by Crippen LogP contribution is 2.20. The smallest absolute Gasteiger partial charge is 0.224 e. The molecular formula is C14H23N5O. The minimum Gasteiger partial charge on any atom is -0.355 e. The van der Waals surface area contributed by atoms with Crippen molar-refractivity contribution in [2.45, 2.75) is 12.8 Å². The van der Waals surface area contributed by atoms with Gasteiger partial charge >= 0.3 is 0 Å². The van der Waals surface area contributed by atoms with E-state index in [1.807, 2.05) is 26.2 Å². The highest BCUT2D eigenvalue weighted by Gasteiger charge is 2.26. The molecule has 1 atom stereocenters. The zero-order valence-corrected chi connectivity index (χ0v) is 12.2. The lowest BCUT2D eigenvalue weighted by atomic mass is 9.97. The van der Waals surface area contributed by atoms with E-state index in [0.717, 1.165) is 38.3 Å². The molecule has 2 heterocycles. The van der Waals surface area contributed by atoms with Crippen LogP contribution in [0.3, 0.4) is 0 Å². The number of rotatable bonds is 5. The lowest BCUT2D eigenvalue weighted by Crippen LogP contribution is -2.44. The van der Waals surface area contributed by atoms with Gasteiger partial charge in [-0.1, -0.05) is 0 Å². The van der Waals surface area contributed by atoms with E-state index in [2.05, 4.69) is 25.3 Å². The van der Waals surface area contributed by atoms with E-state index in [1.165, 1.54) is 0 Å². The molecule has 0 saturated carbocycles. The largest absolute Gasteiger partial charge is 0.355 e. The molecule has 1 N–H and O–H groups in total. The van der Waals surface area contributed by atoms with Crippen molar-refractivity contribution >= 4 is 11.7 Å². The van der Waals surface area contributed by atoms with Gasteiger partial charge in [0.2, 0.25) is 5.91 Å². The van der Waals surface area contributed by atoms with Gasteiger partial charge in [-0.3, -0.25) is 4.79 Å². The Kier molecular flexibility index (Phi) is 5.29. The first-order chi connectivity index (χ1) is 9.66. The molecule has 1 aromatic rings. The summed E-state index contributed by atoms with van der Waals surface area (Å²) in [6, 6.07) is 3.82. The second kappa shape index (κ2) is 7.19. The summed E-state index contributed by atoms with van der Waals surface area (Å²) in [5, 5.41) is 11.0. The topological polar surface area (TPSA) is 61.4 Å². The molecule has 1 aromatic heterocycles. The van der Waals surface area contributed by atoms with Crippen LogP contribution in [0.25, 0.3) is 0 Å². The van der Waals surface area contributed by atoms with Crippen LogP contribution in [0.15, 0.2) is 18.3 Å². The molecule has 20 heavy (non-hydrogen) atoms. The van der Waals surface area contributed by atoms with Gasteiger partial charge in [0.15, 0.2) is 5.82 Å². The first-order valence-corrected chi connectivity index (χ1v) is 7.12. The van der Waals surface area contributed by atoms with Crippen LogP contribution in [0.4, 0.5) is 5.82 Å². The summed E-state index contributed by atoms with van der Waals surface area (Å²) >= 11 is 0. The molecule has 1 amide bonds. The number of hydrogen-bond donors (Lipinski definition) is 1. The van der Waals surface area contributed by atoms with Crippen LogP contribution in [0.2, 0.25) is 0 Å². The van der Waals surface area contributed by atoms with Crippen LogP contribution in [-0.2, 0) is 4.79 Å². The van der Waals surface area contributed by atoms with Crippen LogP contribution in [0.5, 0.6) is 0 Å². The molecule has 0 aliphatic carbocycles. The average molecular weight is 277 g/mol. The predicted octanol–water partition coefficient (Wildman–Crippen LogP) is 0.371. The van der Waals surface area contributed by atoms with Crippen molar-refractivity contribution in [3.8, 4) is 0 Å². The molecule has 1 saturated heterocycles. The molecule has 6 nitrogen and oxygen atoms in total. The van der Waals surface area contributed by atoms with E-state index < -0.39 is 0 Å². The molecule has 1 fully saturated rings. The maximum Gasteiger partial charge on any atom is 0.224 e. The minimum absolute atomic E-state index is 0.0490. The molecule has 2 rings (SSSR count). The van der Waals surface area contributed by atoms with Gasteiger partial charge in [0, 0.05) is 32.4 Å². The molecule has 1 unspecified atom stereocenters.